The van der Waals surface area contributed by atoms with E-state index < -0.39 is 36.1 Å². The van der Waals surface area contributed by atoms with E-state index in [2.05, 4.69) is 5.32 Å². The predicted octanol–water partition coefficient (Wildman–Crippen LogP) is -0.920. The predicted molar refractivity (Wildman–Crippen MR) is 46.2 cm³/mol. The highest BCUT2D eigenvalue weighted by Gasteiger charge is 2.51. The Morgan fingerprint density at radius 2 is 2.00 bits per heavy atom. The number of aliphatic carboxylic acids is 1. The molecule has 3 atom stereocenters. The van der Waals surface area contributed by atoms with E-state index in [1.807, 2.05) is 0 Å². The molecule has 3 N–H and O–H groups in total. The minimum atomic E-state index is -1.23. The van der Waals surface area contributed by atoms with E-state index in [1.54, 1.807) is 0 Å². The zero-order valence-electron chi connectivity index (χ0n) is 7.71. The number of hydrogen-bond acceptors (Lipinski definition) is 3. The molecule has 2 aliphatic rings. The molecule has 0 aliphatic carbocycles. The number of carboxylic acids is 1. The standard InChI is InChI=1S/C8H10N2O5/c11-6-4-2-1-3(10(4)8(14)15)5(9-6)7(12)13/h3-5H,1-2H2,(H,9,11)(H,12,13)(H,14,15)/t3-,4+,5?/m0/s1. The van der Waals surface area contributed by atoms with Gasteiger partial charge in [0.15, 0.2) is 0 Å². The Morgan fingerprint density at radius 3 is 2.53 bits per heavy atom. The van der Waals surface area contributed by atoms with Gasteiger partial charge in [-0.3, -0.25) is 9.69 Å². The summed E-state index contributed by atoms with van der Waals surface area (Å²) >= 11 is 0. The maximum atomic E-state index is 11.4. The zero-order valence-corrected chi connectivity index (χ0v) is 7.71. The van der Waals surface area contributed by atoms with Gasteiger partial charge in [0.25, 0.3) is 0 Å². The molecular weight excluding hydrogens is 204 g/mol. The van der Waals surface area contributed by atoms with Crippen molar-refractivity contribution in [1.29, 1.82) is 0 Å². The number of carbonyl (C=O) groups excluding carboxylic acids is 1. The third-order valence-corrected chi connectivity index (χ3v) is 2.90. The highest BCUT2D eigenvalue weighted by Crippen LogP contribution is 2.30. The highest BCUT2D eigenvalue weighted by atomic mass is 16.4. The normalized spacial score (nSPS) is 33.7. The van der Waals surface area contributed by atoms with Crippen LogP contribution in [0.15, 0.2) is 0 Å². The first-order valence-electron chi connectivity index (χ1n) is 4.57. The van der Waals surface area contributed by atoms with Crippen molar-refractivity contribution in [2.24, 2.45) is 0 Å². The molecule has 2 bridgehead atoms. The maximum Gasteiger partial charge on any atom is 0.408 e. The largest absolute Gasteiger partial charge is 0.480 e. The number of hydrogen-bond donors (Lipinski definition) is 3. The number of amides is 2. The number of nitrogens with zero attached hydrogens (tertiary/aromatic N) is 1. The minimum absolute atomic E-state index is 0.395. The monoisotopic (exact) mass is 214 g/mol. The summed E-state index contributed by atoms with van der Waals surface area (Å²) in [5.74, 6) is -1.71. The summed E-state index contributed by atoms with van der Waals surface area (Å²) in [4.78, 5) is 34.1. The van der Waals surface area contributed by atoms with E-state index in [-0.39, 0.29) is 0 Å². The Morgan fingerprint density at radius 1 is 1.33 bits per heavy atom. The van der Waals surface area contributed by atoms with E-state index in [0.29, 0.717) is 12.8 Å². The summed E-state index contributed by atoms with van der Waals surface area (Å²) in [5.41, 5.74) is 0. The number of fused-ring (bicyclic) bond motifs is 2. The minimum Gasteiger partial charge on any atom is -0.480 e. The summed E-state index contributed by atoms with van der Waals surface area (Å²) in [7, 11) is 0. The fourth-order valence-electron chi connectivity index (χ4n) is 2.27. The van der Waals surface area contributed by atoms with Crippen molar-refractivity contribution in [2.45, 2.75) is 31.0 Å². The van der Waals surface area contributed by atoms with E-state index in [0.717, 1.165) is 4.90 Å². The van der Waals surface area contributed by atoms with E-state index in [4.69, 9.17) is 10.2 Å². The molecule has 2 heterocycles. The van der Waals surface area contributed by atoms with Gasteiger partial charge in [-0.2, -0.15) is 0 Å². The molecule has 0 saturated carbocycles. The second-order valence-corrected chi connectivity index (χ2v) is 3.67. The number of carbonyl (C=O) groups is 3. The SMILES string of the molecule is O=C(O)C1NC(=O)[C@H]2CC[C@@H]1N2C(=O)O. The fourth-order valence-corrected chi connectivity index (χ4v) is 2.27. The van der Waals surface area contributed by atoms with Crippen molar-refractivity contribution in [2.75, 3.05) is 0 Å². The van der Waals surface area contributed by atoms with E-state index >= 15 is 0 Å². The van der Waals surface area contributed by atoms with Crippen LogP contribution >= 0.6 is 0 Å². The quantitative estimate of drug-likeness (QED) is 0.523. The van der Waals surface area contributed by atoms with Crippen molar-refractivity contribution in [3.8, 4) is 0 Å². The number of piperazine rings is 1. The van der Waals surface area contributed by atoms with Gasteiger partial charge in [0.1, 0.15) is 12.1 Å². The summed E-state index contributed by atoms with van der Waals surface area (Å²) in [6.45, 7) is 0. The van der Waals surface area contributed by atoms with Crippen LogP contribution in [0.4, 0.5) is 4.79 Å². The topological polar surface area (TPSA) is 107 Å². The van der Waals surface area contributed by atoms with Gasteiger partial charge in [0, 0.05) is 0 Å². The molecule has 2 aliphatic heterocycles. The fraction of sp³-hybridized carbons (Fsp3) is 0.625. The van der Waals surface area contributed by atoms with Crippen LogP contribution in [0.2, 0.25) is 0 Å². The first-order chi connectivity index (χ1) is 7.02. The van der Waals surface area contributed by atoms with Gasteiger partial charge in [0.2, 0.25) is 5.91 Å². The van der Waals surface area contributed by atoms with E-state index in [9.17, 15) is 14.4 Å². The molecule has 2 saturated heterocycles. The molecule has 0 aromatic carbocycles. The third-order valence-electron chi connectivity index (χ3n) is 2.90. The number of carboxylic acid groups (broad SMARTS) is 2. The lowest BCUT2D eigenvalue weighted by Crippen LogP contribution is -2.64. The Kier molecular flexibility index (Phi) is 2.02. The molecule has 7 nitrogen and oxygen atoms in total. The van der Waals surface area contributed by atoms with Crippen LogP contribution < -0.4 is 5.32 Å². The van der Waals surface area contributed by atoms with Gasteiger partial charge in [-0.05, 0) is 12.8 Å². The molecule has 15 heavy (non-hydrogen) atoms. The Hall–Kier alpha value is -1.79. The molecule has 2 amide bonds. The lowest BCUT2D eigenvalue weighted by atomic mass is 10.1. The van der Waals surface area contributed by atoms with Gasteiger partial charge in [-0.1, -0.05) is 0 Å². The molecular formula is C8H10N2O5. The summed E-state index contributed by atoms with van der Waals surface area (Å²) in [6, 6.07) is -2.47. The van der Waals surface area contributed by atoms with Gasteiger partial charge in [0.05, 0.1) is 6.04 Å². The van der Waals surface area contributed by atoms with Gasteiger partial charge in [-0.25, -0.2) is 9.59 Å². The van der Waals surface area contributed by atoms with E-state index in [1.165, 1.54) is 0 Å². The zero-order chi connectivity index (χ0) is 11.2. The van der Waals surface area contributed by atoms with Crippen LogP contribution in [-0.4, -0.2) is 51.2 Å². The second kappa shape index (κ2) is 3.11. The molecule has 2 rings (SSSR count). The lowest BCUT2D eigenvalue weighted by Gasteiger charge is -2.35. The molecule has 0 spiro atoms. The van der Waals surface area contributed by atoms with Crippen LogP contribution in [0.1, 0.15) is 12.8 Å². The highest BCUT2D eigenvalue weighted by molar-refractivity contribution is 5.92. The van der Waals surface area contributed by atoms with Crippen LogP contribution in [0.5, 0.6) is 0 Å². The molecule has 82 valence electrons. The van der Waals surface area contributed by atoms with Crippen molar-refractivity contribution in [1.82, 2.24) is 10.2 Å². The molecule has 1 unspecified atom stereocenters. The van der Waals surface area contributed by atoms with Crippen molar-refractivity contribution >= 4 is 18.0 Å². The molecule has 0 radical (unpaired) electrons. The average molecular weight is 214 g/mol. The summed E-state index contributed by atoms with van der Waals surface area (Å²) in [5, 5.41) is 20.0. The first kappa shape index (κ1) is 9.75. The lowest BCUT2D eigenvalue weighted by molar-refractivity contribution is -0.146. The Bertz CT molecular complexity index is 342. The third kappa shape index (κ3) is 1.31. The summed E-state index contributed by atoms with van der Waals surface area (Å²) in [6.07, 6.45) is -0.428. The Labute approximate surface area is 84.7 Å². The van der Waals surface area contributed by atoms with Gasteiger partial charge in [-0.15, -0.1) is 0 Å². The van der Waals surface area contributed by atoms with Crippen molar-refractivity contribution < 1.29 is 24.6 Å². The molecule has 0 aromatic rings. The Balaban J connectivity index is 2.32. The van der Waals surface area contributed by atoms with Crippen molar-refractivity contribution in [3.63, 3.8) is 0 Å². The molecule has 0 aromatic heterocycles. The average Bonchev–Trinajstić information content (AvgIpc) is 2.50. The second-order valence-electron chi connectivity index (χ2n) is 3.67. The number of rotatable bonds is 1. The first-order valence-corrected chi connectivity index (χ1v) is 4.57. The van der Waals surface area contributed by atoms with Crippen LogP contribution in [-0.2, 0) is 9.59 Å². The van der Waals surface area contributed by atoms with Crippen LogP contribution in [0, 0.1) is 0 Å². The van der Waals surface area contributed by atoms with Gasteiger partial charge >= 0.3 is 12.1 Å². The van der Waals surface area contributed by atoms with Crippen LogP contribution in [0.3, 0.4) is 0 Å². The summed E-state index contributed by atoms with van der Waals surface area (Å²) < 4.78 is 0. The van der Waals surface area contributed by atoms with Gasteiger partial charge < -0.3 is 15.5 Å². The smallest absolute Gasteiger partial charge is 0.408 e. The van der Waals surface area contributed by atoms with Crippen molar-refractivity contribution in [3.05, 3.63) is 0 Å². The van der Waals surface area contributed by atoms with Crippen LogP contribution in [0.25, 0.3) is 0 Å². The maximum absolute atomic E-state index is 11.4. The molecule has 7 heteroatoms. The molecule has 2 fully saturated rings. The number of nitrogens with one attached hydrogen (secondary N) is 1.